The molecule has 0 atom stereocenters. The van der Waals surface area contributed by atoms with Crippen LogP contribution in [0.5, 0.6) is 0 Å². The molecule has 8 heteroatoms. The van der Waals surface area contributed by atoms with Gasteiger partial charge in [-0.2, -0.15) is 5.01 Å². The highest BCUT2D eigenvalue weighted by atomic mass is 32.2. The van der Waals surface area contributed by atoms with E-state index in [4.69, 9.17) is 0 Å². The number of imidazole rings is 1. The molecule has 0 fully saturated rings. The van der Waals surface area contributed by atoms with Crippen molar-refractivity contribution >= 4 is 28.8 Å². The summed E-state index contributed by atoms with van der Waals surface area (Å²) in [5.74, 6) is -0.438. The lowest BCUT2D eigenvalue weighted by molar-refractivity contribution is 0.0201. The molecule has 0 aliphatic carbocycles. The smallest absolute Gasteiger partial charge is 0.301 e. The third-order valence-corrected chi connectivity index (χ3v) is 4.11. The molecule has 1 aromatic heterocycles. The monoisotopic (exact) mass is 330 g/mol. The van der Waals surface area contributed by atoms with Gasteiger partial charge in [-0.3, -0.25) is 14.4 Å². The molecular weight excluding hydrogens is 316 g/mol. The molecule has 3 amide bonds. The molecule has 2 aromatic rings. The van der Waals surface area contributed by atoms with E-state index in [1.807, 2.05) is 6.92 Å². The maximum atomic E-state index is 12.6. The van der Waals surface area contributed by atoms with E-state index in [-0.39, 0.29) is 11.8 Å². The van der Waals surface area contributed by atoms with Gasteiger partial charge in [0, 0.05) is 6.20 Å². The van der Waals surface area contributed by atoms with Crippen LogP contribution in [-0.4, -0.2) is 42.8 Å². The topological polar surface area (TPSA) is 86.4 Å². The zero-order valence-corrected chi connectivity index (χ0v) is 13.2. The zero-order valence-electron chi connectivity index (χ0n) is 12.4. The Hall–Kier alpha value is -2.61. The number of carbonyl (C=O) groups excluding carboxylic acids is 3. The largest absolute Gasteiger partial charge is 0.347 e. The summed E-state index contributed by atoms with van der Waals surface area (Å²) in [7, 11) is 0. The van der Waals surface area contributed by atoms with E-state index in [1.54, 1.807) is 30.5 Å². The lowest BCUT2D eigenvalue weighted by Gasteiger charge is -2.28. The van der Waals surface area contributed by atoms with E-state index >= 15 is 0 Å². The summed E-state index contributed by atoms with van der Waals surface area (Å²) in [4.78, 5) is 44.3. The van der Waals surface area contributed by atoms with Crippen LogP contribution in [-0.2, 0) is 6.54 Å². The molecule has 1 aliphatic rings. The average molecular weight is 330 g/mol. The highest BCUT2D eigenvalue weighted by Gasteiger charge is 2.41. The van der Waals surface area contributed by atoms with Crippen LogP contribution in [0.4, 0.5) is 4.79 Å². The number of imide groups is 1. The van der Waals surface area contributed by atoms with Crippen LogP contribution < -0.4 is 0 Å². The third kappa shape index (κ3) is 2.72. The number of aromatic amines is 1. The Morgan fingerprint density at radius 3 is 2.43 bits per heavy atom. The highest BCUT2D eigenvalue weighted by Crippen LogP contribution is 2.27. The predicted octanol–water partition coefficient (Wildman–Crippen LogP) is 2.30. The Labute approximate surface area is 136 Å². The van der Waals surface area contributed by atoms with Gasteiger partial charge >= 0.3 is 5.24 Å². The maximum Gasteiger partial charge on any atom is 0.301 e. The average Bonchev–Trinajstić information content (AvgIpc) is 3.14. The number of thioether (sulfide) groups is 1. The second-order valence-electron chi connectivity index (χ2n) is 4.80. The summed E-state index contributed by atoms with van der Waals surface area (Å²) in [6.45, 7) is 1.90. The number of amides is 3. The van der Waals surface area contributed by atoms with Crippen LogP contribution in [0.2, 0.25) is 0 Å². The van der Waals surface area contributed by atoms with Gasteiger partial charge < -0.3 is 4.98 Å². The van der Waals surface area contributed by atoms with Crippen LogP contribution in [0.1, 0.15) is 33.3 Å². The van der Waals surface area contributed by atoms with E-state index in [1.165, 1.54) is 6.33 Å². The number of H-pyrrole nitrogens is 1. The van der Waals surface area contributed by atoms with Crippen molar-refractivity contribution in [2.24, 2.45) is 0 Å². The SMILES string of the molecule is CCSC(=O)N(Cc1cnc[nH]1)N1C(=O)c2ccccc2C1=O. The maximum absolute atomic E-state index is 12.6. The minimum absolute atomic E-state index is 0.0668. The van der Waals surface area contributed by atoms with Crippen molar-refractivity contribution < 1.29 is 14.4 Å². The molecule has 3 rings (SSSR count). The Balaban J connectivity index is 1.95. The molecule has 1 aromatic carbocycles. The van der Waals surface area contributed by atoms with Gasteiger partial charge in [-0.05, 0) is 17.9 Å². The molecule has 1 aliphatic heterocycles. The second kappa shape index (κ2) is 6.25. The van der Waals surface area contributed by atoms with Crippen LogP contribution in [0.25, 0.3) is 0 Å². The lowest BCUT2D eigenvalue weighted by atomic mass is 10.1. The summed E-state index contributed by atoms with van der Waals surface area (Å²) < 4.78 is 0. The number of rotatable bonds is 4. The number of aromatic nitrogens is 2. The number of carbonyl (C=O) groups is 3. The zero-order chi connectivity index (χ0) is 16.4. The number of hydrazine groups is 1. The number of benzene rings is 1. The fourth-order valence-corrected chi connectivity index (χ4v) is 2.89. The molecule has 118 valence electrons. The van der Waals surface area contributed by atoms with Crippen molar-refractivity contribution in [3.63, 3.8) is 0 Å². The van der Waals surface area contributed by atoms with Gasteiger partial charge in [-0.25, -0.2) is 9.99 Å². The lowest BCUT2D eigenvalue weighted by Crippen LogP contribution is -2.47. The van der Waals surface area contributed by atoms with Gasteiger partial charge in [0.25, 0.3) is 11.8 Å². The second-order valence-corrected chi connectivity index (χ2v) is 6.02. The standard InChI is InChI=1S/C15H14N4O3S/c1-2-23-15(22)18(8-10-7-16-9-17-10)19-13(20)11-5-3-4-6-12(11)14(19)21/h3-7,9H,2,8H2,1H3,(H,16,17). The Kier molecular flexibility index (Phi) is 4.16. The van der Waals surface area contributed by atoms with Crippen molar-refractivity contribution in [3.8, 4) is 0 Å². The number of nitrogens with zero attached hydrogens (tertiary/aromatic N) is 3. The van der Waals surface area contributed by atoms with Gasteiger partial charge in [-0.1, -0.05) is 30.8 Å². The first-order valence-electron chi connectivity index (χ1n) is 7.02. The van der Waals surface area contributed by atoms with Gasteiger partial charge in [0.1, 0.15) is 0 Å². The Morgan fingerprint density at radius 2 is 1.91 bits per heavy atom. The van der Waals surface area contributed by atoms with E-state index < -0.39 is 11.8 Å². The summed E-state index contributed by atoms with van der Waals surface area (Å²) in [6, 6.07) is 6.55. The van der Waals surface area contributed by atoms with Gasteiger partial charge in [0.2, 0.25) is 0 Å². The fourth-order valence-electron chi connectivity index (χ4n) is 2.34. The van der Waals surface area contributed by atoms with Crippen molar-refractivity contribution in [1.82, 2.24) is 20.0 Å². The quantitative estimate of drug-likeness (QED) is 0.869. The molecule has 0 saturated carbocycles. The third-order valence-electron chi connectivity index (χ3n) is 3.37. The first kappa shape index (κ1) is 15.3. The molecule has 0 unspecified atom stereocenters. The highest BCUT2D eigenvalue weighted by molar-refractivity contribution is 8.13. The van der Waals surface area contributed by atoms with E-state index in [0.717, 1.165) is 21.8 Å². The minimum Gasteiger partial charge on any atom is -0.347 e. The van der Waals surface area contributed by atoms with Crippen molar-refractivity contribution in [1.29, 1.82) is 0 Å². The summed E-state index contributed by atoms with van der Waals surface area (Å²) in [6.07, 6.45) is 3.03. The Bertz CT molecular complexity index is 725. The van der Waals surface area contributed by atoms with Crippen LogP contribution in [0.3, 0.4) is 0 Å². The molecule has 0 spiro atoms. The molecule has 1 N–H and O–H groups in total. The summed E-state index contributed by atoms with van der Waals surface area (Å²) >= 11 is 1.04. The first-order valence-corrected chi connectivity index (χ1v) is 8.01. The fraction of sp³-hybridized carbons (Fsp3) is 0.200. The minimum atomic E-state index is -0.491. The molecule has 0 bridgehead atoms. The molecule has 7 nitrogen and oxygen atoms in total. The van der Waals surface area contributed by atoms with Crippen LogP contribution in [0.15, 0.2) is 36.8 Å². The normalized spacial score (nSPS) is 13.3. The number of fused-ring (bicyclic) bond motifs is 1. The molecule has 2 heterocycles. The van der Waals surface area contributed by atoms with E-state index in [2.05, 4.69) is 9.97 Å². The number of nitrogens with one attached hydrogen (secondary N) is 1. The summed E-state index contributed by atoms with van der Waals surface area (Å²) in [5.41, 5.74) is 1.24. The van der Waals surface area contributed by atoms with E-state index in [0.29, 0.717) is 22.6 Å². The number of hydrogen-bond acceptors (Lipinski definition) is 5. The molecular formula is C15H14N4O3S. The van der Waals surface area contributed by atoms with Crippen molar-refractivity contribution in [3.05, 3.63) is 53.6 Å². The molecule has 0 saturated heterocycles. The molecule has 0 radical (unpaired) electrons. The van der Waals surface area contributed by atoms with Crippen LogP contribution in [0, 0.1) is 0 Å². The Morgan fingerprint density at radius 1 is 1.26 bits per heavy atom. The van der Waals surface area contributed by atoms with Crippen molar-refractivity contribution in [2.75, 3.05) is 5.75 Å². The first-order chi connectivity index (χ1) is 11.1. The molecule has 23 heavy (non-hydrogen) atoms. The van der Waals surface area contributed by atoms with Crippen molar-refractivity contribution in [2.45, 2.75) is 13.5 Å². The summed E-state index contributed by atoms with van der Waals surface area (Å²) in [5, 5.41) is 1.71. The van der Waals surface area contributed by atoms with Gasteiger partial charge in [0.15, 0.2) is 0 Å². The van der Waals surface area contributed by atoms with Gasteiger partial charge in [-0.15, -0.1) is 0 Å². The van der Waals surface area contributed by atoms with E-state index in [9.17, 15) is 14.4 Å². The predicted molar refractivity (Wildman–Crippen MR) is 84.6 cm³/mol. The van der Waals surface area contributed by atoms with Crippen LogP contribution >= 0.6 is 11.8 Å². The number of hydrogen-bond donors (Lipinski definition) is 1. The van der Waals surface area contributed by atoms with Gasteiger partial charge in [0.05, 0.1) is 29.7 Å².